The summed E-state index contributed by atoms with van der Waals surface area (Å²) in [6.07, 6.45) is 0.0347. The Balaban J connectivity index is 1.82. The van der Waals surface area contributed by atoms with Crippen molar-refractivity contribution in [3.8, 4) is 0 Å². The maximum atomic E-state index is 12.8. The highest BCUT2D eigenvalue weighted by Crippen LogP contribution is 2.65. The molecule has 1 fully saturated rings. The molecule has 2 aromatic rings. The summed E-state index contributed by atoms with van der Waals surface area (Å²) in [5.41, 5.74) is 0.982. The van der Waals surface area contributed by atoms with E-state index in [4.69, 9.17) is 69.6 Å². The summed E-state index contributed by atoms with van der Waals surface area (Å²) in [6, 6.07) is 7.65. The number of carbonyl (C=O) groups excluding carboxylic acids is 2. The van der Waals surface area contributed by atoms with Gasteiger partial charge in [0.2, 0.25) is 5.91 Å². The second kappa shape index (κ2) is 9.40. The second-order valence-corrected chi connectivity index (χ2v) is 9.96. The van der Waals surface area contributed by atoms with Crippen LogP contribution in [0.2, 0.25) is 20.1 Å². The van der Waals surface area contributed by atoms with Crippen LogP contribution >= 0.6 is 69.6 Å². The molecule has 1 amide bonds. The van der Waals surface area contributed by atoms with E-state index >= 15 is 0 Å². The molecule has 2 aromatic carbocycles. The summed E-state index contributed by atoms with van der Waals surface area (Å²) in [5.74, 6) is -2.15. The van der Waals surface area contributed by atoms with Gasteiger partial charge in [0, 0.05) is 33.6 Å². The molecule has 10 heteroatoms. The molecule has 0 aliphatic heterocycles. The molecule has 0 saturated heterocycles. The average molecular weight is 532 g/mol. The molecule has 2 unspecified atom stereocenters. The number of halogens is 7. The Morgan fingerprint density at radius 2 is 1.63 bits per heavy atom. The van der Waals surface area contributed by atoms with E-state index in [0.717, 1.165) is 0 Å². The predicted octanol–water partition coefficient (Wildman–Crippen LogP) is 7.76. The normalized spacial score (nSPS) is 19.4. The molecular weight excluding hydrogens is 518 g/mol. The van der Waals surface area contributed by atoms with E-state index in [-0.39, 0.29) is 39.9 Å². The van der Waals surface area contributed by atoms with Crippen LogP contribution in [0.25, 0.3) is 0 Å². The van der Waals surface area contributed by atoms with Gasteiger partial charge in [0.1, 0.15) is 4.33 Å². The Morgan fingerprint density at radius 1 is 1.00 bits per heavy atom. The van der Waals surface area contributed by atoms with E-state index in [0.29, 0.717) is 15.6 Å². The zero-order valence-corrected chi connectivity index (χ0v) is 19.7. The topological polar surface area (TPSA) is 46.2 Å². The van der Waals surface area contributed by atoms with Gasteiger partial charge in [-0.25, -0.2) is 0 Å². The zero-order valence-electron chi connectivity index (χ0n) is 15.1. The number of Topliss-reactive ketones (excluding diaryl/α,β-unsaturated/α-hetero) is 1. The predicted molar refractivity (Wildman–Crippen MR) is 122 cm³/mol. The standard InChI is InChI=1S/C20H14Cl6FNO2/c21-10-4-9(5-11(22)6-10)16-17(20(16,25)26)19(30)28-12-7-13(15(29)2-1-3-27)18(24)14(23)8-12/h4-8,16-17H,1-3H2,(H,28,30). The fourth-order valence-electron chi connectivity index (χ4n) is 3.27. The first kappa shape index (κ1) is 23.9. The molecule has 0 radical (unpaired) electrons. The summed E-state index contributed by atoms with van der Waals surface area (Å²) < 4.78 is 11.0. The van der Waals surface area contributed by atoms with Gasteiger partial charge in [-0.3, -0.25) is 14.0 Å². The van der Waals surface area contributed by atoms with Crippen LogP contribution in [0.1, 0.15) is 34.7 Å². The molecule has 0 aromatic heterocycles. The summed E-state index contributed by atoms with van der Waals surface area (Å²) in [6.45, 7) is -0.627. The summed E-state index contributed by atoms with van der Waals surface area (Å²) in [5, 5.41) is 3.58. The molecule has 3 rings (SSSR count). The van der Waals surface area contributed by atoms with Crippen molar-refractivity contribution < 1.29 is 14.0 Å². The summed E-state index contributed by atoms with van der Waals surface area (Å²) in [7, 11) is 0. The Hall–Kier alpha value is -0.750. The highest BCUT2D eigenvalue weighted by Gasteiger charge is 2.67. The number of nitrogens with one attached hydrogen (secondary N) is 1. The fourth-order valence-corrected chi connectivity index (χ4v) is 5.07. The number of amides is 1. The number of anilines is 1. The van der Waals surface area contributed by atoms with Gasteiger partial charge in [-0.15, -0.1) is 23.2 Å². The number of carbonyl (C=O) groups is 2. The third kappa shape index (κ3) is 5.01. The molecule has 160 valence electrons. The minimum atomic E-state index is -1.35. The number of hydrogen-bond donors (Lipinski definition) is 1. The van der Waals surface area contributed by atoms with Gasteiger partial charge in [0.15, 0.2) is 5.78 Å². The van der Waals surface area contributed by atoms with Gasteiger partial charge in [-0.1, -0.05) is 46.4 Å². The quantitative estimate of drug-likeness (QED) is 0.293. The molecule has 1 saturated carbocycles. The first-order chi connectivity index (χ1) is 14.1. The number of benzene rings is 2. The molecule has 2 atom stereocenters. The lowest BCUT2D eigenvalue weighted by Crippen LogP contribution is -2.17. The number of alkyl halides is 3. The van der Waals surface area contributed by atoms with Crippen LogP contribution in [0.15, 0.2) is 30.3 Å². The van der Waals surface area contributed by atoms with E-state index in [1.54, 1.807) is 18.2 Å². The molecule has 30 heavy (non-hydrogen) atoms. The van der Waals surface area contributed by atoms with Crippen molar-refractivity contribution in [1.29, 1.82) is 0 Å². The van der Waals surface area contributed by atoms with E-state index in [1.165, 1.54) is 12.1 Å². The van der Waals surface area contributed by atoms with Crippen LogP contribution in [-0.4, -0.2) is 22.7 Å². The van der Waals surface area contributed by atoms with Gasteiger partial charge < -0.3 is 5.32 Å². The summed E-state index contributed by atoms with van der Waals surface area (Å²) >= 11 is 37.0. The van der Waals surface area contributed by atoms with Crippen molar-refractivity contribution in [1.82, 2.24) is 0 Å². The number of hydrogen-bond acceptors (Lipinski definition) is 2. The molecule has 1 N–H and O–H groups in total. The van der Waals surface area contributed by atoms with Crippen LogP contribution in [0.3, 0.4) is 0 Å². The van der Waals surface area contributed by atoms with Crippen molar-refractivity contribution in [2.45, 2.75) is 23.1 Å². The van der Waals surface area contributed by atoms with Gasteiger partial charge in [-0.05, 0) is 42.3 Å². The maximum absolute atomic E-state index is 12.8. The van der Waals surface area contributed by atoms with Crippen LogP contribution in [-0.2, 0) is 4.79 Å². The minimum Gasteiger partial charge on any atom is -0.326 e. The average Bonchev–Trinajstić information content (AvgIpc) is 3.24. The lowest BCUT2D eigenvalue weighted by molar-refractivity contribution is -0.117. The zero-order chi connectivity index (χ0) is 22.2. The monoisotopic (exact) mass is 529 g/mol. The van der Waals surface area contributed by atoms with E-state index in [1.807, 2.05) is 0 Å². The maximum Gasteiger partial charge on any atom is 0.231 e. The third-order valence-corrected chi connectivity index (χ3v) is 6.89. The third-order valence-electron chi connectivity index (χ3n) is 4.71. The lowest BCUT2D eigenvalue weighted by Gasteiger charge is -2.10. The van der Waals surface area contributed by atoms with E-state index in [2.05, 4.69) is 5.32 Å². The lowest BCUT2D eigenvalue weighted by atomic mass is 10.1. The van der Waals surface area contributed by atoms with Crippen LogP contribution in [0, 0.1) is 5.92 Å². The largest absolute Gasteiger partial charge is 0.326 e. The van der Waals surface area contributed by atoms with Crippen LogP contribution in [0.5, 0.6) is 0 Å². The molecule has 0 bridgehead atoms. The first-order valence-corrected chi connectivity index (χ1v) is 11.1. The Labute approximate surface area is 202 Å². The van der Waals surface area contributed by atoms with Crippen molar-refractivity contribution in [2.75, 3.05) is 12.0 Å². The Kier molecular flexibility index (Phi) is 7.49. The summed E-state index contributed by atoms with van der Waals surface area (Å²) in [4.78, 5) is 25.1. The second-order valence-electron chi connectivity index (χ2n) is 6.86. The van der Waals surface area contributed by atoms with Crippen LogP contribution < -0.4 is 5.32 Å². The van der Waals surface area contributed by atoms with Crippen molar-refractivity contribution >= 4 is 87.0 Å². The molecule has 0 spiro atoms. The molecule has 1 aliphatic carbocycles. The number of rotatable bonds is 7. The van der Waals surface area contributed by atoms with E-state index < -0.39 is 28.8 Å². The van der Waals surface area contributed by atoms with Gasteiger partial charge in [0.25, 0.3) is 0 Å². The fraction of sp³-hybridized carbons (Fsp3) is 0.300. The smallest absolute Gasteiger partial charge is 0.231 e. The van der Waals surface area contributed by atoms with Crippen molar-refractivity contribution in [3.63, 3.8) is 0 Å². The van der Waals surface area contributed by atoms with Gasteiger partial charge >= 0.3 is 0 Å². The number of ketones is 1. The Morgan fingerprint density at radius 3 is 2.23 bits per heavy atom. The molecule has 0 heterocycles. The van der Waals surface area contributed by atoms with Crippen LogP contribution in [0.4, 0.5) is 10.1 Å². The van der Waals surface area contributed by atoms with Crippen molar-refractivity contribution in [3.05, 3.63) is 61.5 Å². The highest BCUT2D eigenvalue weighted by molar-refractivity contribution is 6.53. The van der Waals surface area contributed by atoms with Crippen molar-refractivity contribution in [2.24, 2.45) is 5.92 Å². The minimum absolute atomic E-state index is 0.0311. The molecule has 1 aliphatic rings. The molecule has 3 nitrogen and oxygen atoms in total. The Bertz CT molecular complexity index is 993. The SMILES string of the molecule is O=C(CCCF)c1cc(NC(=O)C2C(c3cc(Cl)cc(Cl)c3)C2(Cl)Cl)cc(Cl)c1Cl. The van der Waals surface area contributed by atoms with Gasteiger partial charge in [-0.2, -0.15) is 0 Å². The van der Waals surface area contributed by atoms with E-state index in [9.17, 15) is 14.0 Å². The first-order valence-electron chi connectivity index (χ1n) is 8.79. The van der Waals surface area contributed by atoms with Gasteiger partial charge in [0.05, 0.1) is 22.6 Å². The molecular formula is C20H14Cl6FNO2. The highest BCUT2D eigenvalue weighted by atomic mass is 35.5.